The Balaban J connectivity index is 1.43. The number of hydrogen-bond donors (Lipinski definition) is 2. The van der Waals surface area contributed by atoms with Crippen molar-refractivity contribution in [1.29, 1.82) is 0 Å². The molecule has 2 N–H and O–H groups in total. The summed E-state index contributed by atoms with van der Waals surface area (Å²) in [7, 11) is 0. The molecule has 1 saturated heterocycles. The van der Waals surface area contributed by atoms with E-state index in [1.807, 2.05) is 18.2 Å². The highest BCUT2D eigenvalue weighted by Crippen LogP contribution is 2.28. The van der Waals surface area contributed by atoms with Crippen LogP contribution in [0.2, 0.25) is 5.02 Å². The zero-order valence-electron chi connectivity index (χ0n) is 14.9. The molecule has 1 aliphatic heterocycles. The second kappa shape index (κ2) is 7.58. The molecule has 0 spiro atoms. The Morgan fingerprint density at radius 1 is 1.33 bits per heavy atom. The summed E-state index contributed by atoms with van der Waals surface area (Å²) in [5.41, 5.74) is 2.40. The fourth-order valence-corrected chi connectivity index (χ4v) is 3.19. The van der Waals surface area contributed by atoms with Gasteiger partial charge in [0, 0.05) is 17.3 Å². The third-order valence-electron chi connectivity index (χ3n) is 4.50. The Morgan fingerprint density at radius 2 is 2.15 bits per heavy atom. The molecule has 7 heteroatoms. The average Bonchev–Trinajstić information content (AvgIpc) is 3.32. The molecular weight excluding hydrogens is 366 g/mol. The van der Waals surface area contributed by atoms with Gasteiger partial charge in [0.15, 0.2) is 6.10 Å². The molecule has 0 bridgehead atoms. The van der Waals surface area contributed by atoms with Gasteiger partial charge >= 0.3 is 0 Å². The molecule has 4 rings (SSSR count). The van der Waals surface area contributed by atoms with Crippen molar-refractivity contribution in [2.45, 2.75) is 32.0 Å². The minimum atomic E-state index is -0.647. The zero-order valence-corrected chi connectivity index (χ0v) is 15.6. The lowest BCUT2D eigenvalue weighted by molar-refractivity contribution is -0.122. The van der Waals surface area contributed by atoms with E-state index in [0.29, 0.717) is 16.5 Å². The van der Waals surface area contributed by atoms with Gasteiger partial charge in [-0.2, -0.15) is 0 Å². The van der Waals surface area contributed by atoms with Crippen molar-refractivity contribution in [3.63, 3.8) is 0 Å². The number of aromatic amines is 1. The van der Waals surface area contributed by atoms with Crippen molar-refractivity contribution in [1.82, 2.24) is 9.97 Å². The van der Waals surface area contributed by atoms with Gasteiger partial charge in [0.2, 0.25) is 0 Å². The second-order valence-corrected chi connectivity index (χ2v) is 7.00. The van der Waals surface area contributed by atoms with Gasteiger partial charge in [-0.1, -0.05) is 11.6 Å². The smallest absolute Gasteiger partial charge is 0.265 e. The van der Waals surface area contributed by atoms with Crippen LogP contribution in [-0.4, -0.2) is 28.6 Å². The maximum Gasteiger partial charge on any atom is 0.265 e. The summed E-state index contributed by atoms with van der Waals surface area (Å²) in [5, 5.41) is 3.50. The van der Waals surface area contributed by atoms with Gasteiger partial charge < -0.3 is 19.8 Å². The number of halogens is 1. The first-order valence-electron chi connectivity index (χ1n) is 8.93. The Hall–Kier alpha value is -2.57. The third-order valence-corrected chi connectivity index (χ3v) is 4.75. The zero-order chi connectivity index (χ0) is 18.8. The lowest BCUT2D eigenvalue weighted by Gasteiger charge is -2.14. The third kappa shape index (κ3) is 4.07. The number of carbonyl (C=O) groups is 1. The first-order valence-corrected chi connectivity index (χ1v) is 9.30. The topological polar surface area (TPSA) is 76.2 Å². The molecule has 1 aliphatic rings. The van der Waals surface area contributed by atoms with E-state index < -0.39 is 6.10 Å². The van der Waals surface area contributed by atoms with Crippen LogP contribution in [0, 0.1) is 0 Å². The molecule has 1 fully saturated rings. The summed E-state index contributed by atoms with van der Waals surface area (Å²) >= 11 is 5.86. The van der Waals surface area contributed by atoms with E-state index in [-0.39, 0.29) is 12.0 Å². The number of amides is 1. The van der Waals surface area contributed by atoms with Gasteiger partial charge in [0.05, 0.1) is 11.0 Å². The maximum absolute atomic E-state index is 12.4. The van der Waals surface area contributed by atoms with E-state index in [1.165, 1.54) is 0 Å². The number of anilines is 1. The number of nitrogens with zero attached hydrogens (tertiary/aromatic N) is 1. The van der Waals surface area contributed by atoms with E-state index in [0.717, 1.165) is 36.3 Å². The fourth-order valence-electron chi connectivity index (χ4n) is 3.07. The number of ether oxygens (including phenoxy) is 2. The quantitative estimate of drug-likeness (QED) is 0.679. The minimum Gasteiger partial charge on any atom is -0.481 e. The van der Waals surface area contributed by atoms with E-state index >= 15 is 0 Å². The number of carbonyl (C=O) groups excluding carboxylic acids is 1. The van der Waals surface area contributed by atoms with Crippen molar-refractivity contribution in [3.8, 4) is 5.75 Å². The molecule has 2 heterocycles. The minimum absolute atomic E-state index is 0.0308. The van der Waals surface area contributed by atoms with Gasteiger partial charge in [-0.05, 0) is 62.2 Å². The van der Waals surface area contributed by atoms with Crippen LogP contribution >= 0.6 is 11.6 Å². The molecular formula is C20H20ClN3O3. The number of benzene rings is 2. The van der Waals surface area contributed by atoms with Gasteiger partial charge in [0.25, 0.3) is 5.91 Å². The molecule has 0 aliphatic carbocycles. The highest BCUT2D eigenvalue weighted by Gasteiger charge is 2.21. The van der Waals surface area contributed by atoms with Crippen LogP contribution in [0.5, 0.6) is 5.75 Å². The first kappa shape index (κ1) is 17.8. The number of hydrogen-bond acceptors (Lipinski definition) is 4. The Labute approximate surface area is 161 Å². The summed E-state index contributed by atoms with van der Waals surface area (Å²) in [4.78, 5) is 20.3. The predicted molar refractivity (Wildman–Crippen MR) is 104 cm³/mol. The lowest BCUT2D eigenvalue weighted by Crippen LogP contribution is -2.30. The second-order valence-electron chi connectivity index (χ2n) is 6.56. The van der Waals surface area contributed by atoms with Crippen LogP contribution in [-0.2, 0) is 9.53 Å². The molecule has 0 radical (unpaired) electrons. The van der Waals surface area contributed by atoms with Crippen molar-refractivity contribution in [2.75, 3.05) is 11.9 Å². The monoisotopic (exact) mass is 385 g/mol. The predicted octanol–water partition coefficient (Wildman–Crippen LogP) is 4.47. The lowest BCUT2D eigenvalue weighted by atomic mass is 10.2. The first-order chi connectivity index (χ1) is 13.1. The molecule has 1 amide bonds. The van der Waals surface area contributed by atoms with Crippen LogP contribution in [0.1, 0.15) is 31.7 Å². The Morgan fingerprint density at radius 3 is 2.89 bits per heavy atom. The normalized spacial score (nSPS) is 17.8. The van der Waals surface area contributed by atoms with E-state index in [9.17, 15) is 4.79 Å². The van der Waals surface area contributed by atoms with Gasteiger partial charge in [0.1, 0.15) is 17.7 Å². The van der Waals surface area contributed by atoms with Crippen LogP contribution in [0.15, 0.2) is 42.5 Å². The van der Waals surface area contributed by atoms with Crippen LogP contribution in [0.25, 0.3) is 11.0 Å². The highest BCUT2D eigenvalue weighted by molar-refractivity contribution is 6.30. The highest BCUT2D eigenvalue weighted by atomic mass is 35.5. The Bertz CT molecular complexity index is 949. The molecule has 0 saturated carbocycles. The molecule has 2 atom stereocenters. The van der Waals surface area contributed by atoms with Gasteiger partial charge in [-0.25, -0.2) is 4.98 Å². The van der Waals surface area contributed by atoms with Crippen molar-refractivity contribution < 1.29 is 14.3 Å². The fraction of sp³-hybridized carbons (Fsp3) is 0.300. The number of fused-ring (bicyclic) bond motifs is 1. The number of imidazole rings is 1. The molecule has 2 unspecified atom stereocenters. The molecule has 6 nitrogen and oxygen atoms in total. The van der Waals surface area contributed by atoms with E-state index in [1.54, 1.807) is 31.2 Å². The largest absolute Gasteiger partial charge is 0.481 e. The SMILES string of the molecule is CC(Oc1ccc(Cl)cc1)C(=O)Nc1ccc2nc(C3CCCO3)[nH]c2c1. The maximum atomic E-state index is 12.4. The summed E-state index contributed by atoms with van der Waals surface area (Å²) in [6.07, 6.45) is 1.41. The molecule has 3 aromatic rings. The van der Waals surface area contributed by atoms with Gasteiger partial charge in [-0.3, -0.25) is 4.79 Å². The van der Waals surface area contributed by atoms with Crippen molar-refractivity contribution >= 4 is 34.2 Å². The summed E-state index contributed by atoms with van der Waals surface area (Å²) in [6, 6.07) is 12.5. The summed E-state index contributed by atoms with van der Waals surface area (Å²) in [5.74, 6) is 1.20. The molecule has 2 aromatic carbocycles. The van der Waals surface area contributed by atoms with Crippen molar-refractivity contribution in [3.05, 3.63) is 53.3 Å². The number of rotatable bonds is 5. The number of nitrogens with one attached hydrogen (secondary N) is 2. The molecule has 140 valence electrons. The van der Waals surface area contributed by atoms with Crippen LogP contribution < -0.4 is 10.1 Å². The van der Waals surface area contributed by atoms with Gasteiger partial charge in [-0.15, -0.1) is 0 Å². The van der Waals surface area contributed by atoms with E-state index in [4.69, 9.17) is 21.1 Å². The molecule has 1 aromatic heterocycles. The van der Waals surface area contributed by atoms with Crippen LogP contribution in [0.3, 0.4) is 0 Å². The van der Waals surface area contributed by atoms with Crippen molar-refractivity contribution in [2.24, 2.45) is 0 Å². The van der Waals surface area contributed by atoms with Crippen LogP contribution in [0.4, 0.5) is 5.69 Å². The average molecular weight is 386 g/mol. The Kier molecular flexibility index (Phi) is 5.01. The molecule has 27 heavy (non-hydrogen) atoms. The van der Waals surface area contributed by atoms with E-state index in [2.05, 4.69) is 15.3 Å². The number of H-pyrrole nitrogens is 1. The number of aromatic nitrogens is 2. The summed E-state index contributed by atoms with van der Waals surface area (Å²) < 4.78 is 11.3. The summed E-state index contributed by atoms with van der Waals surface area (Å²) in [6.45, 7) is 2.47. The standard InChI is InChI=1S/C20H20ClN3O3/c1-12(27-15-7-4-13(21)5-8-15)20(25)22-14-6-9-16-17(11-14)24-19(23-16)18-3-2-10-26-18/h4-9,11-12,18H,2-3,10H2,1H3,(H,22,25)(H,23,24).